The van der Waals surface area contributed by atoms with Crippen LogP contribution < -0.4 is 10.6 Å². The Kier molecular flexibility index (Phi) is 4.47. The molecule has 2 atom stereocenters. The Morgan fingerprint density at radius 2 is 2.03 bits per heavy atom. The number of imide groups is 1. The van der Waals surface area contributed by atoms with E-state index >= 15 is 0 Å². The molecule has 2 saturated heterocycles. The van der Waals surface area contributed by atoms with Gasteiger partial charge >= 0.3 is 0 Å². The fourth-order valence-electron chi connectivity index (χ4n) is 5.54. The second-order valence-electron chi connectivity index (χ2n) is 9.10. The van der Waals surface area contributed by atoms with Gasteiger partial charge in [0.25, 0.3) is 5.91 Å². The molecule has 3 fully saturated rings. The van der Waals surface area contributed by atoms with Crippen LogP contribution in [-0.2, 0) is 22.7 Å². The molecule has 1 aromatic rings. The van der Waals surface area contributed by atoms with Crippen molar-refractivity contribution >= 4 is 17.7 Å². The zero-order valence-corrected chi connectivity index (χ0v) is 16.9. The van der Waals surface area contributed by atoms with Crippen LogP contribution >= 0.6 is 0 Å². The Morgan fingerprint density at radius 3 is 2.79 bits per heavy atom. The van der Waals surface area contributed by atoms with Gasteiger partial charge in [0.05, 0.1) is 0 Å². The first-order valence-electron chi connectivity index (χ1n) is 10.6. The summed E-state index contributed by atoms with van der Waals surface area (Å²) in [5, 5.41) is 5.92. The molecule has 7 heteroatoms. The summed E-state index contributed by atoms with van der Waals surface area (Å²) in [5.74, 6) is -0.709. The number of benzene rings is 1. The number of amides is 3. The summed E-state index contributed by atoms with van der Waals surface area (Å²) in [4.78, 5) is 40.9. The van der Waals surface area contributed by atoms with Gasteiger partial charge in [0.15, 0.2) is 0 Å². The number of piperidine rings is 2. The van der Waals surface area contributed by atoms with E-state index in [-0.39, 0.29) is 24.1 Å². The van der Waals surface area contributed by atoms with E-state index in [1.165, 1.54) is 18.4 Å². The number of hydrogen-bond donors (Lipinski definition) is 2. The highest BCUT2D eigenvalue weighted by molar-refractivity contribution is 6.05. The molecule has 0 radical (unpaired) electrons. The van der Waals surface area contributed by atoms with Crippen LogP contribution in [0.2, 0.25) is 0 Å². The first-order chi connectivity index (χ1) is 14.0. The normalized spacial score (nSPS) is 28.1. The number of nitrogens with zero attached hydrogens (tertiary/aromatic N) is 2. The van der Waals surface area contributed by atoms with Crippen LogP contribution in [0.5, 0.6) is 0 Å². The van der Waals surface area contributed by atoms with Crippen molar-refractivity contribution in [2.45, 2.75) is 57.3 Å². The zero-order chi connectivity index (χ0) is 20.2. The van der Waals surface area contributed by atoms with E-state index in [2.05, 4.69) is 28.6 Å². The van der Waals surface area contributed by atoms with Gasteiger partial charge in [-0.3, -0.25) is 24.6 Å². The molecular formula is C22H28N4O3. The van der Waals surface area contributed by atoms with E-state index in [1.807, 2.05) is 12.1 Å². The molecule has 7 nitrogen and oxygen atoms in total. The summed E-state index contributed by atoms with van der Waals surface area (Å²) in [6, 6.07) is 5.93. The lowest BCUT2D eigenvalue weighted by Crippen LogP contribution is -2.52. The van der Waals surface area contributed by atoms with Gasteiger partial charge in [-0.1, -0.05) is 12.1 Å². The Labute approximate surface area is 170 Å². The van der Waals surface area contributed by atoms with E-state index in [0.717, 1.165) is 31.6 Å². The van der Waals surface area contributed by atoms with Gasteiger partial charge in [0, 0.05) is 37.7 Å². The highest BCUT2D eigenvalue weighted by Gasteiger charge is 2.51. The quantitative estimate of drug-likeness (QED) is 0.743. The smallest absolute Gasteiger partial charge is 0.255 e. The maximum absolute atomic E-state index is 13.0. The van der Waals surface area contributed by atoms with Crippen LogP contribution in [-0.4, -0.2) is 59.7 Å². The maximum atomic E-state index is 13.0. The molecule has 0 aromatic heterocycles. The number of carbonyl (C=O) groups excluding carboxylic acids is 3. The summed E-state index contributed by atoms with van der Waals surface area (Å²) in [7, 11) is 2.20. The molecule has 2 unspecified atom stereocenters. The molecule has 4 aliphatic rings. The van der Waals surface area contributed by atoms with Gasteiger partial charge in [0.1, 0.15) is 6.04 Å². The summed E-state index contributed by atoms with van der Waals surface area (Å²) >= 11 is 0. The molecule has 154 valence electrons. The van der Waals surface area contributed by atoms with Gasteiger partial charge in [-0.05, 0) is 61.9 Å². The Balaban J connectivity index is 1.35. The Hall–Kier alpha value is -2.25. The maximum Gasteiger partial charge on any atom is 0.255 e. The zero-order valence-electron chi connectivity index (χ0n) is 16.9. The van der Waals surface area contributed by atoms with Crippen LogP contribution in [0, 0.1) is 5.41 Å². The standard InChI is InChI=1S/C22H28N4O3/c1-25(18-7-10-23-13-22(18)8-9-22)11-14-3-2-4-15-16(14)12-26(21(15)29)17-5-6-19(27)24-20(17)28/h2-4,17-18,23H,5-13H2,1H3,(H,24,27,28). The summed E-state index contributed by atoms with van der Waals surface area (Å²) in [5.41, 5.74) is 3.34. The van der Waals surface area contributed by atoms with Crippen LogP contribution in [0.25, 0.3) is 0 Å². The predicted molar refractivity (Wildman–Crippen MR) is 107 cm³/mol. The highest BCUT2D eigenvalue weighted by Crippen LogP contribution is 2.52. The van der Waals surface area contributed by atoms with Crippen molar-refractivity contribution in [2.24, 2.45) is 5.41 Å². The van der Waals surface area contributed by atoms with Gasteiger partial charge in [0.2, 0.25) is 11.8 Å². The van der Waals surface area contributed by atoms with Crippen molar-refractivity contribution in [1.82, 2.24) is 20.4 Å². The number of nitrogens with one attached hydrogen (secondary N) is 2. The minimum atomic E-state index is -0.558. The van der Waals surface area contributed by atoms with Crippen molar-refractivity contribution in [1.29, 1.82) is 0 Å². The average Bonchev–Trinajstić information content (AvgIpc) is 3.38. The topological polar surface area (TPSA) is 81.8 Å². The molecule has 1 aromatic carbocycles. The third-order valence-electron chi connectivity index (χ3n) is 7.30. The van der Waals surface area contributed by atoms with E-state index in [0.29, 0.717) is 30.0 Å². The number of rotatable bonds is 4. The minimum absolute atomic E-state index is 0.0977. The summed E-state index contributed by atoms with van der Waals surface area (Å²) in [6.45, 7) is 3.43. The third-order valence-corrected chi connectivity index (χ3v) is 7.30. The molecule has 5 rings (SSSR count). The van der Waals surface area contributed by atoms with Crippen LogP contribution in [0.4, 0.5) is 0 Å². The van der Waals surface area contributed by atoms with Crippen molar-refractivity contribution in [3.8, 4) is 0 Å². The molecule has 0 bridgehead atoms. The van der Waals surface area contributed by atoms with Crippen molar-refractivity contribution < 1.29 is 14.4 Å². The van der Waals surface area contributed by atoms with E-state index in [9.17, 15) is 14.4 Å². The molecule has 1 saturated carbocycles. The van der Waals surface area contributed by atoms with E-state index in [1.54, 1.807) is 4.90 Å². The average molecular weight is 396 g/mol. The fraction of sp³-hybridized carbons (Fsp3) is 0.591. The van der Waals surface area contributed by atoms with Crippen LogP contribution in [0.3, 0.4) is 0 Å². The number of fused-ring (bicyclic) bond motifs is 1. The first kappa shape index (κ1) is 18.8. The summed E-state index contributed by atoms with van der Waals surface area (Å²) in [6.07, 6.45) is 4.43. The predicted octanol–water partition coefficient (Wildman–Crippen LogP) is 1.02. The molecule has 1 spiro atoms. The minimum Gasteiger partial charge on any atom is -0.322 e. The van der Waals surface area contributed by atoms with Crippen molar-refractivity contribution in [3.63, 3.8) is 0 Å². The molecule has 3 heterocycles. The van der Waals surface area contributed by atoms with Crippen molar-refractivity contribution in [2.75, 3.05) is 20.1 Å². The molecule has 3 aliphatic heterocycles. The third kappa shape index (κ3) is 3.16. The number of hydrogen-bond acceptors (Lipinski definition) is 5. The monoisotopic (exact) mass is 396 g/mol. The largest absolute Gasteiger partial charge is 0.322 e. The fourth-order valence-corrected chi connectivity index (χ4v) is 5.54. The van der Waals surface area contributed by atoms with Gasteiger partial charge in [-0.2, -0.15) is 0 Å². The van der Waals surface area contributed by atoms with Gasteiger partial charge in [-0.15, -0.1) is 0 Å². The Bertz CT molecular complexity index is 879. The lowest BCUT2D eigenvalue weighted by molar-refractivity contribution is -0.136. The second kappa shape index (κ2) is 6.92. The first-order valence-corrected chi connectivity index (χ1v) is 10.6. The lowest BCUT2D eigenvalue weighted by Gasteiger charge is -2.39. The van der Waals surface area contributed by atoms with Crippen LogP contribution in [0.15, 0.2) is 18.2 Å². The Morgan fingerprint density at radius 1 is 1.21 bits per heavy atom. The summed E-state index contributed by atoms with van der Waals surface area (Å²) < 4.78 is 0. The van der Waals surface area contributed by atoms with E-state index < -0.39 is 6.04 Å². The van der Waals surface area contributed by atoms with E-state index in [4.69, 9.17) is 0 Å². The molecule has 2 N–H and O–H groups in total. The second-order valence-corrected chi connectivity index (χ2v) is 9.10. The SMILES string of the molecule is CN(Cc1cccc2c1CN(C1CCC(=O)NC1=O)C2=O)C1CCNCC12CC2. The lowest BCUT2D eigenvalue weighted by atomic mass is 9.88. The van der Waals surface area contributed by atoms with Crippen LogP contribution in [0.1, 0.15) is 53.6 Å². The molecule has 1 aliphatic carbocycles. The van der Waals surface area contributed by atoms with Gasteiger partial charge in [-0.25, -0.2) is 0 Å². The molecule has 3 amide bonds. The molecule has 29 heavy (non-hydrogen) atoms. The highest BCUT2D eigenvalue weighted by atomic mass is 16.2. The molecular weight excluding hydrogens is 368 g/mol. The van der Waals surface area contributed by atoms with Gasteiger partial charge < -0.3 is 10.2 Å². The van der Waals surface area contributed by atoms with Crippen molar-refractivity contribution in [3.05, 3.63) is 34.9 Å². The number of carbonyl (C=O) groups is 3.